The molecule has 1 aromatic carbocycles. The highest BCUT2D eigenvalue weighted by Crippen LogP contribution is 2.34. The molecule has 0 saturated heterocycles. The Balaban J connectivity index is 3.23. The number of methoxy groups -OCH3 is 1. The highest BCUT2D eigenvalue weighted by atomic mass is 32.2. The SMILES string of the molecule is COc1ccc(OS(C)(=O)=O)cc1C(C)(C)C. The molecule has 0 aliphatic rings. The van der Waals surface area contributed by atoms with Gasteiger partial charge in [0.2, 0.25) is 0 Å². The van der Waals surface area contributed by atoms with Crippen molar-refractivity contribution in [3.8, 4) is 11.5 Å². The predicted molar refractivity (Wildman–Crippen MR) is 67.2 cm³/mol. The fraction of sp³-hybridized carbons (Fsp3) is 0.500. The average molecular weight is 258 g/mol. The number of benzene rings is 1. The van der Waals surface area contributed by atoms with Gasteiger partial charge in [0.25, 0.3) is 0 Å². The molecule has 0 unspecified atom stereocenters. The van der Waals surface area contributed by atoms with Crippen molar-refractivity contribution in [1.82, 2.24) is 0 Å². The maximum atomic E-state index is 11.1. The van der Waals surface area contributed by atoms with Gasteiger partial charge in [0.15, 0.2) is 0 Å². The lowest BCUT2D eigenvalue weighted by Crippen LogP contribution is -2.14. The Morgan fingerprint density at radius 1 is 1.18 bits per heavy atom. The van der Waals surface area contributed by atoms with Gasteiger partial charge < -0.3 is 8.92 Å². The standard InChI is InChI=1S/C12H18O4S/c1-12(2,3)10-8-9(16-17(5,13)14)6-7-11(10)15-4/h6-8H,1-5H3. The lowest BCUT2D eigenvalue weighted by atomic mass is 9.86. The summed E-state index contributed by atoms with van der Waals surface area (Å²) in [5.74, 6) is 1.02. The summed E-state index contributed by atoms with van der Waals surface area (Å²) in [5.41, 5.74) is 0.753. The van der Waals surface area contributed by atoms with E-state index < -0.39 is 10.1 Å². The zero-order valence-corrected chi connectivity index (χ0v) is 11.6. The molecule has 0 fully saturated rings. The number of ether oxygens (including phenoxy) is 1. The van der Waals surface area contributed by atoms with Crippen LogP contribution in [0.15, 0.2) is 18.2 Å². The second-order valence-corrected chi connectivity index (χ2v) is 6.47. The maximum Gasteiger partial charge on any atom is 0.306 e. The van der Waals surface area contributed by atoms with Gasteiger partial charge >= 0.3 is 10.1 Å². The molecular weight excluding hydrogens is 240 g/mol. The minimum absolute atomic E-state index is 0.151. The molecule has 4 nitrogen and oxygen atoms in total. The topological polar surface area (TPSA) is 52.6 Å². The van der Waals surface area contributed by atoms with Gasteiger partial charge in [0.05, 0.1) is 13.4 Å². The highest BCUT2D eigenvalue weighted by Gasteiger charge is 2.20. The van der Waals surface area contributed by atoms with Crippen LogP contribution in [0.2, 0.25) is 0 Å². The first-order valence-electron chi connectivity index (χ1n) is 5.21. The van der Waals surface area contributed by atoms with Crippen LogP contribution in [0.25, 0.3) is 0 Å². The van der Waals surface area contributed by atoms with Crippen LogP contribution in [0, 0.1) is 0 Å². The fourth-order valence-corrected chi connectivity index (χ4v) is 1.95. The van der Waals surface area contributed by atoms with Crippen molar-refractivity contribution in [2.24, 2.45) is 0 Å². The van der Waals surface area contributed by atoms with Crippen molar-refractivity contribution in [3.63, 3.8) is 0 Å². The molecule has 0 saturated carbocycles. The second kappa shape index (κ2) is 4.56. The van der Waals surface area contributed by atoms with Gasteiger partial charge in [0.1, 0.15) is 11.5 Å². The third-order valence-corrected chi connectivity index (χ3v) is 2.72. The molecule has 17 heavy (non-hydrogen) atoms. The third-order valence-electron chi connectivity index (χ3n) is 2.23. The Morgan fingerprint density at radius 3 is 2.18 bits per heavy atom. The van der Waals surface area contributed by atoms with E-state index in [0.717, 1.165) is 17.6 Å². The lowest BCUT2D eigenvalue weighted by Gasteiger charge is -2.22. The Kier molecular flexibility index (Phi) is 3.71. The monoisotopic (exact) mass is 258 g/mol. The molecule has 0 aliphatic carbocycles. The van der Waals surface area contributed by atoms with Crippen molar-refractivity contribution in [1.29, 1.82) is 0 Å². The first-order valence-corrected chi connectivity index (χ1v) is 7.03. The van der Waals surface area contributed by atoms with E-state index >= 15 is 0 Å². The van der Waals surface area contributed by atoms with Gasteiger partial charge in [0, 0.05) is 5.56 Å². The summed E-state index contributed by atoms with van der Waals surface area (Å²) in [7, 11) is -1.91. The summed E-state index contributed by atoms with van der Waals surface area (Å²) < 4.78 is 32.2. The van der Waals surface area contributed by atoms with E-state index in [1.165, 1.54) is 0 Å². The molecule has 0 amide bonds. The van der Waals surface area contributed by atoms with Crippen molar-refractivity contribution in [2.75, 3.05) is 13.4 Å². The number of rotatable bonds is 3. The van der Waals surface area contributed by atoms with Gasteiger partial charge in [-0.3, -0.25) is 0 Å². The van der Waals surface area contributed by atoms with Crippen LogP contribution in [0.5, 0.6) is 11.5 Å². The molecule has 1 aromatic rings. The molecule has 0 aromatic heterocycles. The van der Waals surface area contributed by atoms with Crippen molar-refractivity contribution in [2.45, 2.75) is 26.2 Å². The largest absolute Gasteiger partial charge is 0.496 e. The van der Waals surface area contributed by atoms with Crippen molar-refractivity contribution < 1.29 is 17.3 Å². The normalized spacial score (nSPS) is 12.3. The van der Waals surface area contributed by atoms with E-state index in [-0.39, 0.29) is 5.41 Å². The molecule has 0 atom stereocenters. The molecule has 0 N–H and O–H groups in total. The molecular formula is C12H18O4S. The van der Waals surface area contributed by atoms with Crippen LogP contribution in [-0.4, -0.2) is 21.8 Å². The minimum Gasteiger partial charge on any atom is -0.496 e. The van der Waals surface area contributed by atoms with Crippen LogP contribution in [0.1, 0.15) is 26.3 Å². The van der Waals surface area contributed by atoms with Gasteiger partial charge in [-0.05, 0) is 23.6 Å². The Bertz CT molecular complexity index is 498. The Labute approximate surface area is 103 Å². The van der Waals surface area contributed by atoms with E-state index in [1.807, 2.05) is 20.8 Å². The Morgan fingerprint density at radius 2 is 1.76 bits per heavy atom. The zero-order valence-electron chi connectivity index (χ0n) is 10.8. The van der Waals surface area contributed by atoms with Gasteiger partial charge in [-0.25, -0.2) is 0 Å². The van der Waals surface area contributed by atoms with E-state index in [4.69, 9.17) is 8.92 Å². The molecule has 5 heteroatoms. The molecule has 96 valence electrons. The fourth-order valence-electron chi connectivity index (χ4n) is 1.50. The molecule has 0 aliphatic heterocycles. The van der Waals surface area contributed by atoms with Gasteiger partial charge in [-0.15, -0.1) is 0 Å². The molecule has 1 rings (SSSR count). The molecule has 0 heterocycles. The second-order valence-electron chi connectivity index (χ2n) is 4.90. The van der Waals surface area contributed by atoms with Crippen molar-refractivity contribution >= 4 is 10.1 Å². The van der Waals surface area contributed by atoms with Gasteiger partial charge in [-0.2, -0.15) is 8.42 Å². The van der Waals surface area contributed by atoms with Crippen molar-refractivity contribution in [3.05, 3.63) is 23.8 Å². The zero-order chi connectivity index (χ0) is 13.3. The van der Waals surface area contributed by atoms with E-state index in [2.05, 4.69) is 0 Å². The van der Waals surface area contributed by atoms with Crippen LogP contribution in [0.3, 0.4) is 0 Å². The van der Waals surface area contributed by atoms with Crippen LogP contribution >= 0.6 is 0 Å². The van der Waals surface area contributed by atoms with Crippen LogP contribution in [0.4, 0.5) is 0 Å². The van der Waals surface area contributed by atoms with E-state index in [9.17, 15) is 8.42 Å². The number of hydrogen-bond donors (Lipinski definition) is 0. The average Bonchev–Trinajstić information content (AvgIpc) is 2.13. The summed E-state index contributed by atoms with van der Waals surface area (Å²) >= 11 is 0. The highest BCUT2D eigenvalue weighted by molar-refractivity contribution is 7.86. The summed E-state index contributed by atoms with van der Waals surface area (Å²) in [5, 5.41) is 0. The summed E-state index contributed by atoms with van der Waals surface area (Å²) in [6.45, 7) is 6.07. The Hall–Kier alpha value is -1.23. The smallest absolute Gasteiger partial charge is 0.306 e. The first-order chi connectivity index (χ1) is 7.63. The molecule has 0 radical (unpaired) electrons. The first kappa shape index (κ1) is 13.8. The summed E-state index contributed by atoms with van der Waals surface area (Å²) in [6.07, 6.45) is 1.02. The minimum atomic E-state index is -3.50. The van der Waals surface area contributed by atoms with E-state index in [1.54, 1.807) is 25.3 Å². The quantitative estimate of drug-likeness (QED) is 0.781. The lowest BCUT2D eigenvalue weighted by molar-refractivity contribution is 0.396. The van der Waals surface area contributed by atoms with Crippen LogP contribution < -0.4 is 8.92 Å². The molecule has 0 bridgehead atoms. The van der Waals surface area contributed by atoms with E-state index in [0.29, 0.717) is 5.75 Å². The van der Waals surface area contributed by atoms with Gasteiger partial charge in [-0.1, -0.05) is 20.8 Å². The third kappa shape index (κ3) is 3.93. The summed E-state index contributed by atoms with van der Waals surface area (Å²) in [6, 6.07) is 4.98. The number of hydrogen-bond acceptors (Lipinski definition) is 4. The summed E-state index contributed by atoms with van der Waals surface area (Å²) in [4.78, 5) is 0. The molecule has 0 spiro atoms. The van der Waals surface area contributed by atoms with Crippen LogP contribution in [-0.2, 0) is 15.5 Å². The predicted octanol–water partition coefficient (Wildman–Crippen LogP) is 2.33. The maximum absolute atomic E-state index is 11.1.